The first-order valence-electron chi connectivity index (χ1n) is 11.2. The largest absolute Gasteiger partial charge is 0.410 e. The molecule has 11 heteroatoms. The Balaban J connectivity index is 1.33. The number of hydrogen-bond acceptors (Lipinski definition) is 4. The van der Waals surface area contributed by atoms with Gasteiger partial charge in [0.15, 0.2) is 11.7 Å². The lowest BCUT2D eigenvalue weighted by molar-refractivity contribution is -0.173. The normalized spacial score (nSPS) is 20.4. The first-order chi connectivity index (χ1) is 16.7. The van der Waals surface area contributed by atoms with E-state index in [2.05, 4.69) is 10.4 Å². The Morgan fingerprint density at radius 1 is 1.00 bits per heavy atom. The van der Waals surface area contributed by atoms with E-state index in [9.17, 15) is 22.4 Å². The number of rotatable bonds is 3. The lowest BCUT2D eigenvalue weighted by Gasteiger charge is -2.35. The van der Waals surface area contributed by atoms with Gasteiger partial charge < -0.3 is 15.1 Å². The summed E-state index contributed by atoms with van der Waals surface area (Å²) >= 11 is 5.92. The third kappa shape index (κ3) is 4.80. The van der Waals surface area contributed by atoms with Crippen molar-refractivity contribution in [2.45, 2.75) is 24.7 Å². The van der Waals surface area contributed by atoms with Crippen LogP contribution in [0.3, 0.4) is 0 Å². The Labute approximate surface area is 204 Å². The van der Waals surface area contributed by atoms with Gasteiger partial charge in [0.05, 0.1) is 6.04 Å². The van der Waals surface area contributed by atoms with Crippen molar-refractivity contribution in [2.24, 2.45) is 0 Å². The molecule has 0 unspecified atom stereocenters. The van der Waals surface area contributed by atoms with Gasteiger partial charge in [0.1, 0.15) is 11.6 Å². The number of fused-ring (bicyclic) bond motifs is 1. The van der Waals surface area contributed by atoms with Crippen molar-refractivity contribution >= 4 is 29.0 Å². The molecule has 3 aromatic rings. The molecule has 184 valence electrons. The highest BCUT2D eigenvalue weighted by molar-refractivity contribution is 6.30. The SMILES string of the molecule is O=C(c1cc2n(n1)[C@H](C(F)(F)F)C[C@H](c1ccc(Cl)cc1)N2)N1CCN(c2ccc(F)cc2)CC1. The zero-order valence-corrected chi connectivity index (χ0v) is 19.2. The lowest BCUT2D eigenvalue weighted by atomic mass is 9.97. The van der Waals surface area contributed by atoms with E-state index in [0.717, 1.165) is 10.4 Å². The smallest absolute Gasteiger partial charge is 0.368 e. The van der Waals surface area contributed by atoms with Gasteiger partial charge >= 0.3 is 6.18 Å². The molecule has 2 atom stereocenters. The molecule has 0 radical (unpaired) electrons. The van der Waals surface area contributed by atoms with E-state index in [0.29, 0.717) is 36.8 Å². The maximum atomic E-state index is 13.9. The van der Waals surface area contributed by atoms with Gasteiger partial charge in [-0.15, -0.1) is 0 Å². The van der Waals surface area contributed by atoms with Gasteiger partial charge in [-0.25, -0.2) is 9.07 Å². The molecule has 1 fully saturated rings. The molecule has 2 aliphatic heterocycles. The number of hydrogen-bond donors (Lipinski definition) is 1. The highest BCUT2D eigenvalue weighted by atomic mass is 35.5. The van der Waals surface area contributed by atoms with Crippen molar-refractivity contribution in [1.29, 1.82) is 0 Å². The molecule has 6 nitrogen and oxygen atoms in total. The van der Waals surface area contributed by atoms with E-state index in [1.54, 1.807) is 41.3 Å². The average molecular weight is 508 g/mol. The molecule has 3 heterocycles. The van der Waals surface area contributed by atoms with Gasteiger partial charge in [-0.3, -0.25) is 4.79 Å². The van der Waals surface area contributed by atoms with Crippen molar-refractivity contribution in [2.75, 3.05) is 36.4 Å². The van der Waals surface area contributed by atoms with Crippen LogP contribution in [0.15, 0.2) is 54.6 Å². The number of nitrogens with one attached hydrogen (secondary N) is 1. The third-order valence-corrected chi connectivity index (χ3v) is 6.69. The highest BCUT2D eigenvalue weighted by Gasteiger charge is 2.47. The fourth-order valence-electron chi connectivity index (χ4n) is 4.57. The average Bonchev–Trinajstić information content (AvgIpc) is 3.27. The number of benzene rings is 2. The Morgan fingerprint density at radius 2 is 1.66 bits per heavy atom. The van der Waals surface area contributed by atoms with Crippen LogP contribution in [0.5, 0.6) is 0 Å². The molecule has 35 heavy (non-hydrogen) atoms. The molecule has 0 bridgehead atoms. The minimum atomic E-state index is -4.53. The zero-order valence-electron chi connectivity index (χ0n) is 18.5. The Hall–Kier alpha value is -3.27. The van der Waals surface area contributed by atoms with Gasteiger partial charge in [0.25, 0.3) is 5.91 Å². The second kappa shape index (κ2) is 9.07. The molecule has 2 aliphatic rings. The monoisotopic (exact) mass is 507 g/mol. The summed E-state index contributed by atoms with van der Waals surface area (Å²) in [5, 5.41) is 7.66. The van der Waals surface area contributed by atoms with Crippen LogP contribution < -0.4 is 10.2 Å². The molecule has 1 saturated heterocycles. The third-order valence-electron chi connectivity index (χ3n) is 6.44. The van der Waals surface area contributed by atoms with E-state index >= 15 is 0 Å². The number of alkyl halides is 3. The predicted molar refractivity (Wildman–Crippen MR) is 124 cm³/mol. The van der Waals surface area contributed by atoms with Crippen LogP contribution >= 0.6 is 11.6 Å². The Morgan fingerprint density at radius 3 is 2.29 bits per heavy atom. The van der Waals surface area contributed by atoms with E-state index in [4.69, 9.17) is 11.6 Å². The topological polar surface area (TPSA) is 53.4 Å². The van der Waals surface area contributed by atoms with Crippen molar-refractivity contribution in [3.8, 4) is 0 Å². The van der Waals surface area contributed by atoms with Crippen LogP contribution in [0.25, 0.3) is 0 Å². The van der Waals surface area contributed by atoms with Crippen LogP contribution in [-0.2, 0) is 0 Å². The number of piperazine rings is 1. The summed E-state index contributed by atoms with van der Waals surface area (Å²) in [5.41, 5.74) is 1.48. The van der Waals surface area contributed by atoms with Gasteiger partial charge in [0, 0.05) is 49.4 Å². The summed E-state index contributed by atoms with van der Waals surface area (Å²) < 4.78 is 55.9. The van der Waals surface area contributed by atoms with Crippen molar-refractivity contribution in [3.63, 3.8) is 0 Å². The number of nitrogens with zero attached hydrogens (tertiary/aromatic N) is 4. The Bertz CT molecular complexity index is 1200. The van der Waals surface area contributed by atoms with Crippen molar-refractivity contribution < 1.29 is 22.4 Å². The van der Waals surface area contributed by atoms with Crippen LogP contribution in [-0.4, -0.2) is 52.9 Å². The maximum absolute atomic E-state index is 13.9. The van der Waals surface area contributed by atoms with Crippen LogP contribution in [0.2, 0.25) is 5.02 Å². The lowest BCUT2D eigenvalue weighted by Crippen LogP contribution is -2.49. The van der Waals surface area contributed by atoms with Crippen LogP contribution in [0, 0.1) is 5.82 Å². The quantitative estimate of drug-likeness (QED) is 0.489. The number of halogens is 5. The fourth-order valence-corrected chi connectivity index (χ4v) is 4.70. The summed E-state index contributed by atoms with van der Waals surface area (Å²) in [5.74, 6) is -0.598. The summed E-state index contributed by atoms with van der Waals surface area (Å²) in [6, 6.07) is 11.7. The van der Waals surface area contributed by atoms with Crippen molar-refractivity contribution in [3.05, 3.63) is 76.7 Å². The number of aromatic nitrogens is 2. The van der Waals surface area contributed by atoms with Gasteiger partial charge in [-0.1, -0.05) is 23.7 Å². The molecule has 1 aromatic heterocycles. The predicted octanol–water partition coefficient (Wildman–Crippen LogP) is 5.30. The number of amides is 1. The molecule has 1 N–H and O–H groups in total. The number of anilines is 2. The summed E-state index contributed by atoms with van der Waals surface area (Å²) in [6.07, 6.45) is -4.79. The maximum Gasteiger partial charge on any atom is 0.410 e. The van der Waals surface area contributed by atoms with E-state index < -0.39 is 24.2 Å². The molecule has 1 amide bonds. The first kappa shape index (κ1) is 23.5. The highest BCUT2D eigenvalue weighted by Crippen LogP contribution is 2.43. The minimum Gasteiger partial charge on any atom is -0.368 e. The molecule has 0 saturated carbocycles. The number of carbonyl (C=O) groups excluding carboxylic acids is 1. The molecule has 0 aliphatic carbocycles. The van der Waals surface area contributed by atoms with E-state index in [-0.39, 0.29) is 23.7 Å². The standard InChI is InChI=1S/C24H22ClF4N5O/c25-16-3-1-15(2-4-16)19-13-21(24(27,28)29)34-22(30-19)14-20(31-34)23(35)33-11-9-32(10-12-33)18-7-5-17(26)6-8-18/h1-8,14,19,21,30H,9-13H2/t19-,21+/m1/s1. The van der Waals surface area contributed by atoms with Gasteiger partial charge in [-0.2, -0.15) is 18.3 Å². The minimum absolute atomic E-state index is 0.0336. The zero-order chi connectivity index (χ0) is 24.7. The second-order valence-electron chi connectivity index (χ2n) is 8.66. The molecular weight excluding hydrogens is 486 g/mol. The van der Waals surface area contributed by atoms with Crippen LogP contribution in [0.4, 0.5) is 29.1 Å². The van der Waals surface area contributed by atoms with Crippen LogP contribution in [0.1, 0.15) is 34.6 Å². The fraction of sp³-hybridized carbons (Fsp3) is 0.333. The molecular formula is C24H22ClF4N5O. The van der Waals surface area contributed by atoms with Gasteiger partial charge in [0.2, 0.25) is 0 Å². The molecule has 2 aromatic carbocycles. The first-order valence-corrected chi connectivity index (χ1v) is 11.5. The molecule has 5 rings (SSSR count). The van der Waals surface area contributed by atoms with E-state index in [1.807, 2.05) is 4.90 Å². The molecule has 0 spiro atoms. The van der Waals surface area contributed by atoms with E-state index in [1.165, 1.54) is 18.2 Å². The van der Waals surface area contributed by atoms with Gasteiger partial charge in [-0.05, 0) is 42.0 Å². The van der Waals surface area contributed by atoms with Crippen molar-refractivity contribution in [1.82, 2.24) is 14.7 Å². The number of carbonyl (C=O) groups is 1. The second-order valence-corrected chi connectivity index (χ2v) is 9.09. The summed E-state index contributed by atoms with van der Waals surface area (Å²) in [7, 11) is 0. The summed E-state index contributed by atoms with van der Waals surface area (Å²) in [6.45, 7) is 1.80. The Kier molecular flexibility index (Phi) is 6.08. The summed E-state index contributed by atoms with van der Waals surface area (Å²) in [4.78, 5) is 16.7.